The molecule has 0 saturated heterocycles. The molecule has 0 aliphatic rings. The molecule has 0 fully saturated rings. The van der Waals surface area contributed by atoms with Crippen LogP contribution in [0.3, 0.4) is 0 Å². The van der Waals surface area contributed by atoms with Gasteiger partial charge in [-0.2, -0.15) is 13.2 Å². The molecule has 1 aromatic rings. The first-order valence-electron chi connectivity index (χ1n) is 5.03. The van der Waals surface area contributed by atoms with E-state index in [0.717, 1.165) is 13.0 Å². The summed E-state index contributed by atoms with van der Waals surface area (Å²) in [7, 11) is 0. The topological polar surface area (TPSA) is 66.4 Å². The molecule has 0 aliphatic heterocycles. The molecule has 4 nitrogen and oxygen atoms in total. The highest BCUT2D eigenvalue weighted by molar-refractivity contribution is 5.96. The average Bonchev–Trinajstić information content (AvgIpc) is 2.27. The second kappa shape index (κ2) is 5.25. The quantitative estimate of drug-likeness (QED) is 0.832. The molecule has 0 aromatic heterocycles. The molecular formula is C11H9F4NO3. The number of benzene rings is 1. The lowest BCUT2D eigenvalue weighted by molar-refractivity contribution is -0.140. The Morgan fingerprint density at radius 1 is 1.32 bits per heavy atom. The predicted molar refractivity (Wildman–Crippen MR) is 56.0 cm³/mol. The van der Waals surface area contributed by atoms with E-state index in [0.29, 0.717) is 12.1 Å². The zero-order chi connectivity index (χ0) is 14.8. The van der Waals surface area contributed by atoms with Crippen LogP contribution in [0.5, 0.6) is 0 Å². The smallest absolute Gasteiger partial charge is 0.419 e. The van der Waals surface area contributed by atoms with Gasteiger partial charge in [0.05, 0.1) is 5.56 Å². The molecule has 104 valence electrons. The molecule has 0 unspecified atom stereocenters. The maximum Gasteiger partial charge on any atom is 0.419 e. The van der Waals surface area contributed by atoms with E-state index in [1.165, 1.54) is 0 Å². The van der Waals surface area contributed by atoms with Crippen molar-refractivity contribution in [2.45, 2.75) is 19.1 Å². The molecule has 19 heavy (non-hydrogen) atoms. The van der Waals surface area contributed by atoms with Gasteiger partial charge >= 0.3 is 12.1 Å². The summed E-state index contributed by atoms with van der Waals surface area (Å²) >= 11 is 0. The Bertz CT molecular complexity index is 513. The third-order valence-electron chi connectivity index (χ3n) is 2.25. The van der Waals surface area contributed by atoms with Crippen LogP contribution < -0.4 is 5.32 Å². The summed E-state index contributed by atoms with van der Waals surface area (Å²) in [6.07, 6.45) is -4.93. The zero-order valence-electron chi connectivity index (χ0n) is 9.58. The van der Waals surface area contributed by atoms with Crippen molar-refractivity contribution in [3.05, 3.63) is 35.1 Å². The highest BCUT2D eigenvalue weighted by Crippen LogP contribution is 2.31. The first-order chi connectivity index (χ1) is 8.62. The van der Waals surface area contributed by atoms with Crippen molar-refractivity contribution in [2.75, 3.05) is 0 Å². The first-order valence-corrected chi connectivity index (χ1v) is 5.03. The molecule has 0 heterocycles. The third-order valence-corrected chi connectivity index (χ3v) is 2.25. The van der Waals surface area contributed by atoms with Crippen LogP contribution in [0.15, 0.2) is 18.2 Å². The van der Waals surface area contributed by atoms with Crippen molar-refractivity contribution in [2.24, 2.45) is 0 Å². The van der Waals surface area contributed by atoms with Gasteiger partial charge in [-0.05, 0) is 25.1 Å². The maximum absolute atomic E-state index is 13.0. The van der Waals surface area contributed by atoms with Crippen molar-refractivity contribution in [1.29, 1.82) is 0 Å². The molecule has 8 heteroatoms. The van der Waals surface area contributed by atoms with Crippen molar-refractivity contribution in [3.8, 4) is 0 Å². The van der Waals surface area contributed by atoms with Crippen molar-refractivity contribution >= 4 is 11.9 Å². The molecule has 1 aromatic carbocycles. The minimum atomic E-state index is -4.93. The standard InChI is InChI=1S/C11H9F4NO3/c1-5(10(18)19)16-9(17)6-2-3-8(12)7(4-6)11(13,14)15/h2-5H,1H3,(H,16,17)(H,18,19)/t5-/m1/s1. The van der Waals surface area contributed by atoms with Gasteiger partial charge in [-0.25, -0.2) is 4.39 Å². The summed E-state index contributed by atoms with van der Waals surface area (Å²) in [5, 5.41) is 10.5. The van der Waals surface area contributed by atoms with E-state index in [1.54, 1.807) is 0 Å². The second-order valence-corrected chi connectivity index (χ2v) is 3.73. The molecule has 0 aliphatic carbocycles. The van der Waals surface area contributed by atoms with E-state index in [9.17, 15) is 27.2 Å². The SMILES string of the molecule is C[C@@H](NC(=O)c1ccc(F)c(C(F)(F)F)c1)C(=O)O. The molecule has 1 amide bonds. The third kappa shape index (κ3) is 3.67. The number of rotatable bonds is 3. The highest BCUT2D eigenvalue weighted by atomic mass is 19.4. The van der Waals surface area contributed by atoms with Crippen LogP contribution in [0.1, 0.15) is 22.8 Å². The number of carbonyl (C=O) groups is 2. The number of nitrogens with one attached hydrogen (secondary N) is 1. The van der Waals surface area contributed by atoms with Gasteiger partial charge in [0.2, 0.25) is 0 Å². The van der Waals surface area contributed by atoms with Gasteiger partial charge in [-0.1, -0.05) is 0 Å². The number of amides is 1. The fourth-order valence-corrected chi connectivity index (χ4v) is 1.23. The number of carboxylic acid groups (broad SMARTS) is 1. The molecule has 0 bridgehead atoms. The van der Waals surface area contributed by atoms with Crippen LogP contribution in [0.4, 0.5) is 17.6 Å². The lowest BCUT2D eigenvalue weighted by Gasteiger charge is -2.12. The summed E-state index contributed by atoms with van der Waals surface area (Å²) < 4.78 is 50.2. The van der Waals surface area contributed by atoms with Gasteiger partial charge in [0.15, 0.2) is 0 Å². The van der Waals surface area contributed by atoms with Crippen LogP contribution >= 0.6 is 0 Å². The average molecular weight is 279 g/mol. The van der Waals surface area contributed by atoms with Crippen LogP contribution in [-0.2, 0) is 11.0 Å². The second-order valence-electron chi connectivity index (χ2n) is 3.73. The number of halogens is 4. The Labute approximate surface area is 105 Å². The molecule has 2 N–H and O–H groups in total. The summed E-state index contributed by atoms with van der Waals surface area (Å²) in [4.78, 5) is 22.0. The summed E-state index contributed by atoms with van der Waals surface area (Å²) in [5.41, 5.74) is -2.05. The Morgan fingerprint density at radius 3 is 2.37 bits per heavy atom. The van der Waals surface area contributed by atoms with Gasteiger partial charge in [-0.3, -0.25) is 9.59 Å². The monoisotopic (exact) mass is 279 g/mol. The molecular weight excluding hydrogens is 270 g/mol. The van der Waals surface area contributed by atoms with E-state index < -0.39 is 41.0 Å². The van der Waals surface area contributed by atoms with Gasteiger partial charge < -0.3 is 10.4 Å². The first kappa shape index (κ1) is 14.9. The van der Waals surface area contributed by atoms with Crippen LogP contribution in [0, 0.1) is 5.82 Å². The number of aliphatic carboxylic acids is 1. The number of carbonyl (C=O) groups excluding carboxylic acids is 1. The minimum Gasteiger partial charge on any atom is -0.480 e. The number of carboxylic acids is 1. The van der Waals surface area contributed by atoms with E-state index in [1.807, 2.05) is 5.32 Å². The Hall–Kier alpha value is -2.12. The van der Waals surface area contributed by atoms with Gasteiger partial charge in [-0.15, -0.1) is 0 Å². The van der Waals surface area contributed by atoms with E-state index in [-0.39, 0.29) is 0 Å². The summed E-state index contributed by atoms with van der Waals surface area (Å²) in [6, 6.07) is 0.406. The lowest BCUT2D eigenvalue weighted by atomic mass is 10.1. The Morgan fingerprint density at radius 2 is 1.89 bits per heavy atom. The Kier molecular flexibility index (Phi) is 4.13. The van der Waals surface area contributed by atoms with Crippen molar-refractivity contribution in [3.63, 3.8) is 0 Å². The Balaban J connectivity index is 3.03. The molecule has 0 saturated carbocycles. The van der Waals surface area contributed by atoms with E-state index in [2.05, 4.69) is 0 Å². The minimum absolute atomic E-state index is 0.333. The van der Waals surface area contributed by atoms with Crippen LogP contribution in [0.2, 0.25) is 0 Å². The summed E-state index contributed by atoms with van der Waals surface area (Å²) in [5.74, 6) is -3.87. The van der Waals surface area contributed by atoms with Crippen LogP contribution in [0.25, 0.3) is 0 Å². The zero-order valence-corrected chi connectivity index (χ0v) is 9.58. The molecule has 0 radical (unpaired) electrons. The highest BCUT2D eigenvalue weighted by Gasteiger charge is 2.34. The molecule has 1 atom stereocenters. The predicted octanol–water partition coefficient (Wildman–Crippen LogP) is 2.05. The number of hydrogen-bond acceptors (Lipinski definition) is 2. The van der Waals surface area contributed by atoms with E-state index in [4.69, 9.17) is 5.11 Å². The number of hydrogen-bond donors (Lipinski definition) is 2. The van der Waals surface area contributed by atoms with Gasteiger partial charge in [0.1, 0.15) is 11.9 Å². The lowest BCUT2D eigenvalue weighted by Crippen LogP contribution is -2.38. The largest absolute Gasteiger partial charge is 0.480 e. The van der Waals surface area contributed by atoms with Gasteiger partial charge in [0.25, 0.3) is 5.91 Å². The van der Waals surface area contributed by atoms with E-state index >= 15 is 0 Å². The fraction of sp³-hybridized carbons (Fsp3) is 0.273. The fourth-order valence-electron chi connectivity index (χ4n) is 1.23. The number of alkyl halides is 3. The maximum atomic E-state index is 13.0. The van der Waals surface area contributed by atoms with Crippen molar-refractivity contribution < 1.29 is 32.3 Å². The summed E-state index contributed by atoms with van der Waals surface area (Å²) in [6.45, 7) is 1.15. The van der Waals surface area contributed by atoms with Crippen molar-refractivity contribution in [1.82, 2.24) is 5.32 Å². The molecule has 0 spiro atoms. The van der Waals surface area contributed by atoms with Gasteiger partial charge in [0, 0.05) is 5.56 Å². The van der Waals surface area contributed by atoms with Crippen LogP contribution in [-0.4, -0.2) is 23.0 Å². The molecule has 1 rings (SSSR count). The normalized spacial score (nSPS) is 12.9.